The molecule has 0 radical (unpaired) electrons. The Morgan fingerprint density at radius 1 is 1.08 bits per heavy atom. The Bertz CT molecular complexity index is 900. The summed E-state index contributed by atoms with van der Waals surface area (Å²) < 4.78 is 12.9. The number of amides is 1. The minimum atomic E-state index is -0.273. The first kappa shape index (κ1) is 17.9. The zero-order chi connectivity index (χ0) is 18.4. The summed E-state index contributed by atoms with van der Waals surface area (Å²) in [7, 11) is 0. The van der Waals surface area contributed by atoms with Crippen molar-refractivity contribution in [2.75, 3.05) is 11.9 Å². The van der Waals surface area contributed by atoms with Gasteiger partial charge in [0.05, 0.1) is 10.7 Å². The van der Waals surface area contributed by atoms with Crippen LogP contribution in [0, 0.1) is 5.82 Å². The van der Waals surface area contributed by atoms with Gasteiger partial charge in [-0.15, -0.1) is 0 Å². The standard InChI is InChI=1S/C20H17ClFN3O/c21-17-3-1-2-4-18(17)25-16-10-12-23-19(13-16)20(26)24-11-9-14-5-7-15(22)8-6-14/h1-8,10,12-13H,9,11H2,(H,23,25)(H,24,26). The highest BCUT2D eigenvalue weighted by molar-refractivity contribution is 6.33. The van der Waals surface area contributed by atoms with Crippen molar-refractivity contribution in [2.24, 2.45) is 0 Å². The minimum Gasteiger partial charge on any atom is -0.354 e. The zero-order valence-electron chi connectivity index (χ0n) is 13.9. The minimum absolute atomic E-state index is 0.269. The monoisotopic (exact) mass is 369 g/mol. The van der Waals surface area contributed by atoms with Crippen molar-refractivity contribution in [1.82, 2.24) is 10.3 Å². The van der Waals surface area contributed by atoms with Crippen molar-refractivity contribution < 1.29 is 9.18 Å². The van der Waals surface area contributed by atoms with E-state index >= 15 is 0 Å². The van der Waals surface area contributed by atoms with Gasteiger partial charge >= 0.3 is 0 Å². The van der Waals surface area contributed by atoms with E-state index in [0.717, 1.165) is 16.9 Å². The third kappa shape index (κ3) is 4.80. The molecule has 0 aliphatic rings. The lowest BCUT2D eigenvalue weighted by Gasteiger charge is -2.10. The topological polar surface area (TPSA) is 54.0 Å². The quantitative estimate of drug-likeness (QED) is 0.668. The molecule has 0 aliphatic heterocycles. The summed E-state index contributed by atoms with van der Waals surface area (Å²) in [6.45, 7) is 0.439. The Hall–Kier alpha value is -2.92. The molecule has 0 bridgehead atoms. The first-order valence-corrected chi connectivity index (χ1v) is 8.50. The van der Waals surface area contributed by atoms with Gasteiger partial charge in [0.2, 0.25) is 0 Å². The maximum atomic E-state index is 12.9. The third-order valence-corrected chi connectivity index (χ3v) is 4.09. The van der Waals surface area contributed by atoms with Crippen LogP contribution in [0.25, 0.3) is 0 Å². The number of nitrogens with zero attached hydrogens (tertiary/aromatic N) is 1. The molecule has 26 heavy (non-hydrogen) atoms. The number of benzene rings is 2. The summed E-state index contributed by atoms with van der Waals surface area (Å²) in [6.07, 6.45) is 2.18. The highest BCUT2D eigenvalue weighted by atomic mass is 35.5. The van der Waals surface area contributed by atoms with Crippen LogP contribution in [0.5, 0.6) is 0 Å². The second-order valence-corrected chi connectivity index (χ2v) is 6.07. The first-order valence-electron chi connectivity index (χ1n) is 8.12. The van der Waals surface area contributed by atoms with Crippen molar-refractivity contribution in [1.29, 1.82) is 0 Å². The molecule has 1 heterocycles. The largest absolute Gasteiger partial charge is 0.354 e. The normalized spacial score (nSPS) is 10.4. The molecule has 0 fully saturated rings. The van der Waals surface area contributed by atoms with Crippen LogP contribution in [0.2, 0.25) is 5.02 Å². The zero-order valence-corrected chi connectivity index (χ0v) is 14.6. The lowest BCUT2D eigenvalue weighted by atomic mass is 10.1. The van der Waals surface area contributed by atoms with Gasteiger partial charge in [0.1, 0.15) is 11.5 Å². The molecule has 0 spiro atoms. The Labute approximate surface area is 156 Å². The Morgan fingerprint density at radius 2 is 1.85 bits per heavy atom. The molecule has 0 aliphatic carbocycles. The van der Waals surface area contributed by atoms with Crippen LogP contribution in [-0.2, 0) is 6.42 Å². The van der Waals surface area contributed by atoms with Gasteiger partial charge < -0.3 is 10.6 Å². The van der Waals surface area contributed by atoms with E-state index in [2.05, 4.69) is 15.6 Å². The van der Waals surface area contributed by atoms with Gasteiger partial charge in [0.15, 0.2) is 0 Å². The van der Waals surface area contributed by atoms with Crippen molar-refractivity contribution in [3.63, 3.8) is 0 Å². The number of carbonyl (C=O) groups is 1. The van der Waals surface area contributed by atoms with Gasteiger partial charge in [-0.3, -0.25) is 9.78 Å². The number of nitrogens with one attached hydrogen (secondary N) is 2. The van der Waals surface area contributed by atoms with E-state index in [-0.39, 0.29) is 11.7 Å². The van der Waals surface area contributed by atoms with Gasteiger partial charge in [0.25, 0.3) is 5.91 Å². The lowest BCUT2D eigenvalue weighted by Crippen LogP contribution is -2.26. The van der Waals surface area contributed by atoms with Gasteiger partial charge in [-0.05, 0) is 48.4 Å². The maximum absolute atomic E-state index is 12.9. The molecule has 2 N–H and O–H groups in total. The fourth-order valence-corrected chi connectivity index (χ4v) is 2.60. The molecule has 0 saturated carbocycles. The molecule has 1 amide bonds. The van der Waals surface area contributed by atoms with E-state index in [9.17, 15) is 9.18 Å². The lowest BCUT2D eigenvalue weighted by molar-refractivity contribution is 0.0949. The van der Waals surface area contributed by atoms with Crippen LogP contribution in [0.3, 0.4) is 0 Å². The van der Waals surface area contributed by atoms with E-state index in [4.69, 9.17) is 11.6 Å². The molecule has 1 aromatic heterocycles. The van der Waals surface area contributed by atoms with Gasteiger partial charge in [-0.25, -0.2) is 4.39 Å². The fraction of sp³-hybridized carbons (Fsp3) is 0.100. The molecule has 3 aromatic rings. The highest BCUT2D eigenvalue weighted by Crippen LogP contribution is 2.24. The molecule has 0 saturated heterocycles. The summed E-state index contributed by atoms with van der Waals surface area (Å²) in [5.41, 5.74) is 2.73. The molecular weight excluding hydrogens is 353 g/mol. The van der Waals surface area contributed by atoms with E-state index < -0.39 is 0 Å². The fourth-order valence-electron chi connectivity index (χ4n) is 2.41. The average molecular weight is 370 g/mol. The van der Waals surface area contributed by atoms with Crippen LogP contribution >= 0.6 is 11.6 Å². The molecule has 0 atom stereocenters. The van der Waals surface area contributed by atoms with Crippen molar-refractivity contribution in [2.45, 2.75) is 6.42 Å². The number of para-hydroxylation sites is 1. The third-order valence-electron chi connectivity index (χ3n) is 3.76. The van der Waals surface area contributed by atoms with E-state index in [1.165, 1.54) is 12.1 Å². The van der Waals surface area contributed by atoms with E-state index in [1.54, 1.807) is 36.5 Å². The maximum Gasteiger partial charge on any atom is 0.269 e. The number of anilines is 2. The Morgan fingerprint density at radius 3 is 2.62 bits per heavy atom. The van der Waals surface area contributed by atoms with Crippen LogP contribution in [0.1, 0.15) is 16.1 Å². The van der Waals surface area contributed by atoms with Crippen molar-refractivity contribution in [3.05, 3.63) is 89.0 Å². The first-order chi connectivity index (χ1) is 12.6. The number of pyridine rings is 1. The molecule has 132 valence electrons. The molecule has 2 aromatic carbocycles. The van der Waals surface area contributed by atoms with E-state index in [0.29, 0.717) is 23.7 Å². The predicted octanol–water partition coefficient (Wildman–Crippen LogP) is 4.59. The van der Waals surface area contributed by atoms with Crippen molar-refractivity contribution >= 4 is 28.9 Å². The second kappa shape index (κ2) is 8.45. The molecule has 6 heteroatoms. The van der Waals surface area contributed by atoms with Crippen LogP contribution < -0.4 is 10.6 Å². The summed E-state index contributed by atoms with van der Waals surface area (Å²) in [5, 5.41) is 6.57. The van der Waals surface area contributed by atoms with Crippen LogP contribution in [0.15, 0.2) is 66.9 Å². The van der Waals surface area contributed by atoms with Gasteiger partial charge in [-0.1, -0.05) is 35.9 Å². The number of carbonyl (C=O) groups excluding carboxylic acids is 1. The number of rotatable bonds is 6. The molecule has 3 rings (SSSR count). The number of aromatic nitrogens is 1. The molecule has 0 unspecified atom stereocenters. The summed E-state index contributed by atoms with van der Waals surface area (Å²) in [4.78, 5) is 16.4. The van der Waals surface area contributed by atoms with E-state index in [1.807, 2.05) is 18.2 Å². The Balaban J connectivity index is 1.59. The smallest absolute Gasteiger partial charge is 0.269 e. The number of hydrogen-bond acceptors (Lipinski definition) is 3. The van der Waals surface area contributed by atoms with Crippen LogP contribution in [-0.4, -0.2) is 17.4 Å². The predicted molar refractivity (Wildman–Crippen MR) is 101 cm³/mol. The Kier molecular flexibility index (Phi) is 5.81. The highest BCUT2D eigenvalue weighted by Gasteiger charge is 2.08. The summed E-state index contributed by atoms with van der Waals surface area (Å²) >= 11 is 6.13. The number of halogens is 2. The van der Waals surface area contributed by atoms with Crippen molar-refractivity contribution in [3.8, 4) is 0 Å². The summed E-state index contributed by atoms with van der Waals surface area (Å²) in [6, 6.07) is 17.0. The number of hydrogen-bond donors (Lipinski definition) is 2. The van der Waals surface area contributed by atoms with Crippen LogP contribution in [0.4, 0.5) is 15.8 Å². The molecule has 4 nitrogen and oxygen atoms in total. The summed E-state index contributed by atoms with van der Waals surface area (Å²) in [5.74, 6) is -0.542. The molecular formula is C20H17ClFN3O. The average Bonchev–Trinajstić information content (AvgIpc) is 2.65. The van der Waals surface area contributed by atoms with Gasteiger partial charge in [-0.2, -0.15) is 0 Å². The SMILES string of the molecule is O=C(NCCc1ccc(F)cc1)c1cc(Nc2ccccc2Cl)ccn1. The second-order valence-electron chi connectivity index (χ2n) is 5.67. The van der Waals surface area contributed by atoms with Gasteiger partial charge in [0, 0.05) is 18.4 Å².